The first-order valence-corrected chi connectivity index (χ1v) is 4.98. The zero-order chi connectivity index (χ0) is 9.73. The van der Waals surface area contributed by atoms with Crippen LogP contribution >= 0.6 is 7.75 Å². The van der Waals surface area contributed by atoms with Crippen molar-refractivity contribution in [3.63, 3.8) is 0 Å². The second kappa shape index (κ2) is 6.03. The normalized spacial score (nSPS) is 13.7. The largest absolute Gasteiger partial charge is 1.00 e. The van der Waals surface area contributed by atoms with Crippen LogP contribution in [0.1, 0.15) is 6.42 Å². The average Bonchev–Trinajstić information content (AvgIpc) is 2.56. The predicted octanol–water partition coefficient (Wildman–Crippen LogP) is -2.87. The summed E-state index contributed by atoms with van der Waals surface area (Å²) in [5.74, 6) is 0. The van der Waals surface area contributed by atoms with Gasteiger partial charge >= 0.3 is 18.9 Å². The average molecular weight is 207 g/mol. The Kier molecular flexibility index (Phi) is 5.79. The molecule has 0 spiro atoms. The van der Waals surface area contributed by atoms with Gasteiger partial charge in [-0.2, -0.15) is 5.26 Å². The Morgan fingerprint density at radius 2 is 2.43 bits per heavy atom. The second-order valence-electron chi connectivity index (χ2n) is 2.15. The van der Waals surface area contributed by atoms with Crippen molar-refractivity contribution < 1.29 is 32.8 Å². The fourth-order valence-electron chi connectivity index (χ4n) is 0.670. The van der Waals surface area contributed by atoms with E-state index in [-0.39, 0.29) is 31.9 Å². The Bertz CT molecular complexity index is 348. The summed E-state index contributed by atoms with van der Waals surface area (Å²) >= 11 is 0. The topological polar surface area (TPSA) is 91.0 Å². The minimum Gasteiger partial charge on any atom is -0.761 e. The Hall–Kier alpha value is -0.553. The molecule has 0 aliphatic carbocycles. The van der Waals surface area contributed by atoms with Crippen molar-refractivity contribution in [2.45, 2.75) is 6.42 Å². The van der Waals surface area contributed by atoms with E-state index in [1.54, 1.807) is 6.07 Å². The maximum absolute atomic E-state index is 11.2. The van der Waals surface area contributed by atoms with Gasteiger partial charge in [0.15, 0.2) is 0 Å². The van der Waals surface area contributed by atoms with Gasteiger partial charge in [0, 0.05) is 12.4 Å². The summed E-state index contributed by atoms with van der Waals surface area (Å²) in [5, 5.41) is 8.15. The molecule has 1 aromatic rings. The SMILES string of the molecule is N#CCCOP(=O)([O-])n1ccnc1.[Li+]. The Balaban J connectivity index is 0.00000169. The second-order valence-corrected chi connectivity index (χ2v) is 3.81. The monoisotopic (exact) mass is 207 g/mol. The van der Waals surface area contributed by atoms with Crippen LogP contribution in [-0.4, -0.2) is 15.9 Å². The minimum absolute atomic E-state index is 0. The smallest absolute Gasteiger partial charge is 0.761 e. The molecule has 14 heavy (non-hydrogen) atoms. The van der Waals surface area contributed by atoms with E-state index in [4.69, 9.17) is 5.26 Å². The zero-order valence-corrected chi connectivity index (χ0v) is 8.55. The van der Waals surface area contributed by atoms with E-state index in [1.165, 1.54) is 12.4 Å². The Morgan fingerprint density at radius 1 is 1.71 bits per heavy atom. The molecular weight excluding hydrogens is 200 g/mol. The molecule has 1 unspecified atom stereocenters. The van der Waals surface area contributed by atoms with Crippen LogP contribution in [0.5, 0.6) is 0 Å². The third-order valence-corrected chi connectivity index (χ3v) is 2.55. The van der Waals surface area contributed by atoms with E-state index in [1.807, 2.05) is 0 Å². The molecule has 0 amide bonds. The van der Waals surface area contributed by atoms with Gasteiger partial charge in [0.25, 0.3) is 0 Å². The van der Waals surface area contributed by atoms with Gasteiger partial charge in [-0.05, 0) is 0 Å². The molecule has 0 bridgehead atoms. The molecule has 1 rings (SSSR count). The minimum atomic E-state index is -4.07. The molecule has 8 heteroatoms. The maximum Gasteiger partial charge on any atom is 1.00 e. The molecule has 0 aromatic carbocycles. The summed E-state index contributed by atoms with van der Waals surface area (Å²) < 4.78 is 16.6. The third-order valence-electron chi connectivity index (χ3n) is 1.24. The van der Waals surface area contributed by atoms with E-state index in [0.29, 0.717) is 0 Å². The van der Waals surface area contributed by atoms with Gasteiger partial charge in [-0.15, -0.1) is 0 Å². The van der Waals surface area contributed by atoms with Gasteiger partial charge in [0.05, 0.1) is 19.1 Å². The maximum atomic E-state index is 11.2. The number of nitrogens with zero attached hydrogens (tertiary/aromatic N) is 3. The molecule has 1 aromatic heterocycles. The first kappa shape index (κ1) is 13.4. The molecule has 6 nitrogen and oxygen atoms in total. The van der Waals surface area contributed by atoms with Crippen molar-refractivity contribution in [2.75, 3.05) is 6.61 Å². The molecule has 0 aliphatic heterocycles. The van der Waals surface area contributed by atoms with Crippen LogP contribution in [0, 0.1) is 11.3 Å². The van der Waals surface area contributed by atoms with Crippen molar-refractivity contribution in [3.8, 4) is 6.07 Å². The number of rotatable bonds is 4. The van der Waals surface area contributed by atoms with Gasteiger partial charge < -0.3 is 9.42 Å². The van der Waals surface area contributed by atoms with Crippen LogP contribution in [0.25, 0.3) is 0 Å². The molecule has 0 N–H and O–H groups in total. The van der Waals surface area contributed by atoms with Crippen LogP contribution in [-0.2, 0) is 9.09 Å². The van der Waals surface area contributed by atoms with Crippen LogP contribution in [0.3, 0.4) is 0 Å². The summed E-state index contributed by atoms with van der Waals surface area (Å²) in [7, 11) is -4.07. The zero-order valence-electron chi connectivity index (χ0n) is 7.66. The van der Waals surface area contributed by atoms with E-state index in [2.05, 4.69) is 9.51 Å². The number of hydrogen-bond acceptors (Lipinski definition) is 5. The van der Waals surface area contributed by atoms with Crippen molar-refractivity contribution in [2.24, 2.45) is 0 Å². The fraction of sp³-hybridized carbons (Fsp3) is 0.333. The summed E-state index contributed by atoms with van der Waals surface area (Å²) in [6.45, 7) is -0.130. The Labute approximate surface area is 93.3 Å². The van der Waals surface area contributed by atoms with E-state index < -0.39 is 7.75 Å². The van der Waals surface area contributed by atoms with Crippen LogP contribution < -0.4 is 23.8 Å². The summed E-state index contributed by atoms with van der Waals surface area (Å²) in [5.41, 5.74) is 0. The molecule has 0 saturated heterocycles. The molecular formula is C6H7LiN3O3P. The number of nitriles is 1. The van der Waals surface area contributed by atoms with Crippen molar-refractivity contribution in [3.05, 3.63) is 18.7 Å². The molecule has 1 heterocycles. The van der Waals surface area contributed by atoms with Gasteiger partial charge in [-0.3, -0.25) is 8.90 Å². The molecule has 0 fully saturated rings. The third kappa shape index (κ3) is 3.67. The molecule has 0 saturated carbocycles. The van der Waals surface area contributed by atoms with Crippen molar-refractivity contribution in [1.29, 1.82) is 5.26 Å². The van der Waals surface area contributed by atoms with Crippen LogP contribution in [0.15, 0.2) is 18.7 Å². The molecule has 1 atom stereocenters. The fourth-order valence-corrected chi connectivity index (χ4v) is 1.53. The Morgan fingerprint density at radius 3 is 2.93 bits per heavy atom. The van der Waals surface area contributed by atoms with Crippen molar-refractivity contribution >= 4 is 7.75 Å². The number of hydrogen-bond donors (Lipinski definition) is 0. The first-order valence-electron chi connectivity index (χ1n) is 3.48. The summed E-state index contributed by atoms with van der Waals surface area (Å²) in [6, 6.07) is 1.78. The van der Waals surface area contributed by atoms with E-state index in [0.717, 1.165) is 10.7 Å². The van der Waals surface area contributed by atoms with Gasteiger partial charge in [-0.25, -0.2) is 4.98 Å². The van der Waals surface area contributed by atoms with E-state index in [9.17, 15) is 9.46 Å². The standard InChI is InChI=1S/C6H8N3O3P.Li/c7-2-1-5-12-13(10,11)9-4-3-8-6-9;/h3-4,6H,1,5H2,(H,10,11);/q;+1/p-1. The van der Waals surface area contributed by atoms with Gasteiger partial charge in [-0.1, -0.05) is 0 Å². The van der Waals surface area contributed by atoms with Crippen molar-refractivity contribution in [1.82, 2.24) is 9.32 Å². The summed E-state index contributed by atoms with van der Waals surface area (Å²) in [4.78, 5) is 14.7. The van der Waals surface area contributed by atoms with E-state index >= 15 is 0 Å². The molecule has 0 aliphatic rings. The van der Waals surface area contributed by atoms with Gasteiger partial charge in [0.2, 0.25) is 7.75 Å². The first-order chi connectivity index (χ1) is 6.17. The molecule has 70 valence electrons. The molecule has 0 radical (unpaired) electrons. The quantitative estimate of drug-likeness (QED) is 0.300. The summed E-state index contributed by atoms with van der Waals surface area (Å²) in [6.07, 6.45) is 3.76. The van der Waals surface area contributed by atoms with Gasteiger partial charge in [0.1, 0.15) is 6.33 Å². The van der Waals surface area contributed by atoms with Crippen LogP contribution in [0.4, 0.5) is 0 Å². The number of aromatic nitrogens is 2. The van der Waals surface area contributed by atoms with Crippen LogP contribution in [0.2, 0.25) is 0 Å². The number of imidazole rings is 1. The predicted molar refractivity (Wildman–Crippen MR) is 41.4 cm³/mol.